The summed E-state index contributed by atoms with van der Waals surface area (Å²) in [7, 11) is 1.90. The molecule has 0 saturated carbocycles. The summed E-state index contributed by atoms with van der Waals surface area (Å²) >= 11 is 0. The lowest BCUT2D eigenvalue weighted by atomic mass is 10.0. The van der Waals surface area contributed by atoms with Gasteiger partial charge in [-0.05, 0) is 51.4 Å². The van der Waals surface area contributed by atoms with Gasteiger partial charge < -0.3 is 9.80 Å². The first-order valence-electron chi connectivity index (χ1n) is 8.71. The molecule has 122 valence electrons. The molecule has 2 saturated heterocycles. The molecule has 1 aromatic carbocycles. The molecule has 2 aliphatic rings. The van der Waals surface area contributed by atoms with Crippen LogP contribution in [-0.2, 0) is 4.79 Å². The molecule has 0 N–H and O–H groups in total. The molecule has 0 bridgehead atoms. The summed E-state index contributed by atoms with van der Waals surface area (Å²) in [6.45, 7) is 5.28. The number of hydrogen-bond donors (Lipinski definition) is 0. The molecule has 0 spiro atoms. The van der Waals surface area contributed by atoms with Gasteiger partial charge in [0.05, 0.1) is 12.0 Å². The van der Waals surface area contributed by atoms with Crippen molar-refractivity contribution in [3.8, 4) is 11.8 Å². The Balaban J connectivity index is 1.63. The SMILES string of the molecule is Cc1ccc(C#CC2CC(CN3CCCCC3)C(=O)N2C)cc1. The highest BCUT2D eigenvalue weighted by Crippen LogP contribution is 2.25. The van der Waals surface area contributed by atoms with E-state index in [1.165, 1.54) is 24.8 Å². The molecule has 2 unspecified atom stereocenters. The lowest BCUT2D eigenvalue weighted by Gasteiger charge is -2.28. The van der Waals surface area contributed by atoms with Crippen molar-refractivity contribution in [3.05, 3.63) is 35.4 Å². The van der Waals surface area contributed by atoms with Gasteiger partial charge >= 0.3 is 0 Å². The Morgan fingerprint density at radius 3 is 2.52 bits per heavy atom. The lowest BCUT2D eigenvalue weighted by molar-refractivity contribution is -0.130. The zero-order chi connectivity index (χ0) is 16.2. The molecule has 2 atom stereocenters. The van der Waals surface area contributed by atoms with E-state index in [1.54, 1.807) is 0 Å². The molecule has 3 nitrogen and oxygen atoms in total. The third-order valence-corrected chi connectivity index (χ3v) is 5.03. The Labute approximate surface area is 139 Å². The number of nitrogens with zero attached hydrogens (tertiary/aromatic N) is 2. The summed E-state index contributed by atoms with van der Waals surface area (Å²) in [4.78, 5) is 16.8. The van der Waals surface area contributed by atoms with E-state index in [0.717, 1.165) is 31.6 Å². The quantitative estimate of drug-likeness (QED) is 0.784. The number of amides is 1. The first kappa shape index (κ1) is 16.1. The minimum absolute atomic E-state index is 0.0543. The standard InChI is InChI=1S/C20H26N2O/c1-16-6-8-17(9-7-16)10-11-19-14-18(20(23)21(19)2)15-22-12-4-3-5-13-22/h6-9,18-19H,3-5,12-15H2,1-2H3. The number of hydrogen-bond acceptors (Lipinski definition) is 2. The molecule has 0 aromatic heterocycles. The molecule has 3 rings (SSSR count). The number of rotatable bonds is 2. The first-order valence-corrected chi connectivity index (χ1v) is 8.71. The number of carbonyl (C=O) groups excluding carboxylic acids is 1. The molecule has 0 radical (unpaired) electrons. The van der Waals surface area contributed by atoms with E-state index < -0.39 is 0 Å². The molecule has 2 heterocycles. The fraction of sp³-hybridized carbons (Fsp3) is 0.550. The largest absolute Gasteiger partial charge is 0.332 e. The molecule has 0 aliphatic carbocycles. The van der Waals surface area contributed by atoms with Crippen molar-refractivity contribution in [3.63, 3.8) is 0 Å². The monoisotopic (exact) mass is 310 g/mol. The van der Waals surface area contributed by atoms with E-state index in [2.05, 4.69) is 35.8 Å². The van der Waals surface area contributed by atoms with Crippen LogP contribution in [0.15, 0.2) is 24.3 Å². The molecule has 1 aromatic rings. The van der Waals surface area contributed by atoms with Crippen LogP contribution in [0.1, 0.15) is 36.8 Å². The second kappa shape index (κ2) is 7.19. The van der Waals surface area contributed by atoms with Gasteiger partial charge in [-0.2, -0.15) is 0 Å². The fourth-order valence-corrected chi connectivity index (χ4v) is 3.54. The van der Waals surface area contributed by atoms with Crippen molar-refractivity contribution in [1.82, 2.24) is 9.80 Å². The summed E-state index contributed by atoms with van der Waals surface area (Å²) in [6, 6.07) is 8.30. The Morgan fingerprint density at radius 2 is 1.83 bits per heavy atom. The van der Waals surface area contributed by atoms with Crippen LogP contribution in [0, 0.1) is 24.7 Å². The summed E-state index contributed by atoms with van der Waals surface area (Å²) < 4.78 is 0. The summed E-state index contributed by atoms with van der Waals surface area (Å²) in [5, 5.41) is 0. The van der Waals surface area contributed by atoms with Gasteiger partial charge in [0.1, 0.15) is 0 Å². The Hall–Kier alpha value is -1.79. The minimum Gasteiger partial charge on any atom is -0.332 e. The third-order valence-electron chi connectivity index (χ3n) is 5.03. The maximum Gasteiger partial charge on any atom is 0.227 e. The van der Waals surface area contributed by atoms with Crippen molar-refractivity contribution in [2.75, 3.05) is 26.7 Å². The number of piperidine rings is 1. The van der Waals surface area contributed by atoms with Crippen LogP contribution in [0.2, 0.25) is 0 Å². The number of likely N-dealkylation sites (tertiary alicyclic amines) is 2. The highest BCUT2D eigenvalue weighted by atomic mass is 16.2. The fourth-order valence-electron chi connectivity index (χ4n) is 3.54. The van der Waals surface area contributed by atoms with Gasteiger partial charge in [-0.1, -0.05) is 36.0 Å². The van der Waals surface area contributed by atoms with Gasteiger partial charge in [-0.3, -0.25) is 4.79 Å². The average molecular weight is 310 g/mol. The topological polar surface area (TPSA) is 23.6 Å². The van der Waals surface area contributed by atoms with E-state index in [0.29, 0.717) is 0 Å². The zero-order valence-electron chi connectivity index (χ0n) is 14.2. The van der Waals surface area contributed by atoms with Crippen LogP contribution in [0.4, 0.5) is 0 Å². The Bertz CT molecular complexity index is 605. The Morgan fingerprint density at radius 1 is 1.13 bits per heavy atom. The predicted molar refractivity (Wildman–Crippen MR) is 93.0 cm³/mol. The van der Waals surface area contributed by atoms with E-state index in [-0.39, 0.29) is 17.9 Å². The summed E-state index contributed by atoms with van der Waals surface area (Å²) in [6.07, 6.45) is 4.74. The number of carbonyl (C=O) groups is 1. The molecule has 2 aliphatic heterocycles. The van der Waals surface area contributed by atoms with Crippen molar-refractivity contribution < 1.29 is 4.79 Å². The number of aryl methyl sites for hydroxylation is 1. The van der Waals surface area contributed by atoms with Gasteiger partial charge in [0.25, 0.3) is 0 Å². The van der Waals surface area contributed by atoms with Gasteiger partial charge in [-0.15, -0.1) is 0 Å². The summed E-state index contributed by atoms with van der Waals surface area (Å²) in [5.41, 5.74) is 2.27. The van der Waals surface area contributed by atoms with Gasteiger partial charge in [0, 0.05) is 19.2 Å². The second-order valence-corrected chi connectivity index (χ2v) is 6.89. The normalized spacial score (nSPS) is 25.3. The van der Waals surface area contributed by atoms with Crippen molar-refractivity contribution in [1.29, 1.82) is 0 Å². The number of benzene rings is 1. The van der Waals surface area contributed by atoms with Crippen molar-refractivity contribution in [2.24, 2.45) is 5.92 Å². The van der Waals surface area contributed by atoms with E-state index >= 15 is 0 Å². The van der Waals surface area contributed by atoms with Crippen molar-refractivity contribution in [2.45, 2.75) is 38.6 Å². The van der Waals surface area contributed by atoms with Crippen LogP contribution in [-0.4, -0.2) is 48.4 Å². The molecule has 1 amide bonds. The highest BCUT2D eigenvalue weighted by Gasteiger charge is 2.37. The van der Waals surface area contributed by atoms with Gasteiger partial charge in [-0.25, -0.2) is 0 Å². The van der Waals surface area contributed by atoms with Crippen LogP contribution < -0.4 is 0 Å². The first-order chi connectivity index (χ1) is 11.1. The van der Waals surface area contributed by atoms with E-state index in [9.17, 15) is 4.79 Å². The Kier molecular flexibility index (Phi) is 5.03. The van der Waals surface area contributed by atoms with Crippen molar-refractivity contribution >= 4 is 5.91 Å². The summed E-state index contributed by atoms with van der Waals surface area (Å²) in [5.74, 6) is 6.92. The highest BCUT2D eigenvalue weighted by molar-refractivity contribution is 5.82. The van der Waals surface area contributed by atoms with E-state index in [1.807, 2.05) is 24.1 Å². The van der Waals surface area contributed by atoms with Gasteiger partial charge in [0.15, 0.2) is 0 Å². The molecule has 3 heteroatoms. The molecular weight excluding hydrogens is 284 g/mol. The van der Waals surface area contributed by atoms with Crippen LogP contribution >= 0.6 is 0 Å². The molecular formula is C20H26N2O. The third kappa shape index (κ3) is 3.95. The maximum absolute atomic E-state index is 12.5. The van der Waals surface area contributed by atoms with Crippen LogP contribution in [0.5, 0.6) is 0 Å². The minimum atomic E-state index is 0.0543. The second-order valence-electron chi connectivity index (χ2n) is 6.89. The van der Waals surface area contributed by atoms with Crippen LogP contribution in [0.25, 0.3) is 0 Å². The molecule has 2 fully saturated rings. The van der Waals surface area contributed by atoms with Crippen LogP contribution in [0.3, 0.4) is 0 Å². The predicted octanol–water partition coefficient (Wildman–Crippen LogP) is 2.68. The zero-order valence-corrected chi connectivity index (χ0v) is 14.2. The smallest absolute Gasteiger partial charge is 0.227 e. The lowest BCUT2D eigenvalue weighted by Crippen LogP contribution is -2.37. The molecule has 23 heavy (non-hydrogen) atoms. The average Bonchev–Trinajstić information content (AvgIpc) is 2.83. The van der Waals surface area contributed by atoms with E-state index in [4.69, 9.17) is 0 Å². The maximum atomic E-state index is 12.5. The van der Waals surface area contributed by atoms with Gasteiger partial charge in [0.2, 0.25) is 5.91 Å².